The number of carbonyl (C=O) groups is 1. The Kier molecular flexibility index (Phi) is 9.10. The van der Waals surface area contributed by atoms with Gasteiger partial charge in [-0.3, -0.25) is 10.0 Å². The first-order chi connectivity index (χ1) is 12.7. The van der Waals surface area contributed by atoms with E-state index < -0.39 is 0 Å². The van der Waals surface area contributed by atoms with Gasteiger partial charge in [0.05, 0.1) is 0 Å². The number of amides is 1. The summed E-state index contributed by atoms with van der Waals surface area (Å²) in [6.45, 7) is 3.02. The molecular formula is C21H30N2O3. The molecule has 0 unspecified atom stereocenters. The zero-order valence-electron chi connectivity index (χ0n) is 15.4. The summed E-state index contributed by atoms with van der Waals surface area (Å²) in [4.78, 5) is 13.4. The van der Waals surface area contributed by atoms with Crippen LogP contribution >= 0.6 is 0 Å². The monoisotopic (exact) mass is 358 g/mol. The molecule has 0 aromatic heterocycles. The Balaban J connectivity index is 1.83. The van der Waals surface area contributed by atoms with E-state index in [4.69, 9.17) is 10.3 Å². The third-order valence-electron chi connectivity index (χ3n) is 4.71. The van der Waals surface area contributed by atoms with Gasteiger partial charge in [-0.15, -0.1) is 0 Å². The Morgan fingerprint density at radius 2 is 1.69 bits per heavy atom. The average Bonchev–Trinajstić information content (AvgIpc) is 2.68. The molecule has 0 spiro atoms. The van der Waals surface area contributed by atoms with Gasteiger partial charge in [-0.1, -0.05) is 48.9 Å². The summed E-state index contributed by atoms with van der Waals surface area (Å²) in [6, 6.07) is 14.9. The maximum absolute atomic E-state index is 11.0. The van der Waals surface area contributed by atoms with Crippen molar-refractivity contribution < 1.29 is 15.1 Å². The van der Waals surface area contributed by atoms with Crippen LogP contribution in [0.3, 0.4) is 0 Å². The molecule has 0 saturated heterocycles. The highest BCUT2D eigenvalue weighted by Crippen LogP contribution is 2.19. The summed E-state index contributed by atoms with van der Waals surface area (Å²) in [5.41, 5.74) is 3.03. The number of nitrogens with zero attached hydrogens (tertiary/aromatic N) is 1. The molecule has 0 aliphatic heterocycles. The number of aliphatic hydroxyl groups is 1. The van der Waals surface area contributed by atoms with Crippen molar-refractivity contribution in [3.05, 3.63) is 48.0 Å². The van der Waals surface area contributed by atoms with Crippen LogP contribution in [0.4, 0.5) is 0 Å². The summed E-state index contributed by atoms with van der Waals surface area (Å²) >= 11 is 0. The summed E-state index contributed by atoms with van der Waals surface area (Å²) < 4.78 is 0. The highest BCUT2D eigenvalue weighted by Gasteiger charge is 2.07. The van der Waals surface area contributed by atoms with Gasteiger partial charge in [0.1, 0.15) is 0 Å². The molecule has 5 nitrogen and oxygen atoms in total. The predicted molar refractivity (Wildman–Crippen MR) is 104 cm³/mol. The lowest BCUT2D eigenvalue weighted by molar-refractivity contribution is -0.129. The number of benzene rings is 2. The van der Waals surface area contributed by atoms with E-state index in [1.54, 1.807) is 5.48 Å². The Bertz CT molecular complexity index is 670. The van der Waals surface area contributed by atoms with E-state index >= 15 is 0 Å². The molecule has 0 aliphatic carbocycles. The fraction of sp³-hybridized carbons (Fsp3) is 0.476. The van der Waals surface area contributed by atoms with Crippen LogP contribution in [0.25, 0.3) is 10.8 Å². The summed E-state index contributed by atoms with van der Waals surface area (Å²) in [7, 11) is 0. The van der Waals surface area contributed by atoms with E-state index in [0.29, 0.717) is 6.42 Å². The molecule has 26 heavy (non-hydrogen) atoms. The lowest BCUT2D eigenvalue weighted by Gasteiger charge is -2.22. The first-order valence-corrected chi connectivity index (χ1v) is 9.47. The van der Waals surface area contributed by atoms with Gasteiger partial charge >= 0.3 is 0 Å². The third kappa shape index (κ3) is 6.75. The molecule has 0 fully saturated rings. The topological polar surface area (TPSA) is 72.8 Å². The van der Waals surface area contributed by atoms with Crippen molar-refractivity contribution in [2.24, 2.45) is 0 Å². The minimum Gasteiger partial charge on any atom is -0.396 e. The second-order valence-corrected chi connectivity index (χ2v) is 6.65. The Morgan fingerprint density at radius 3 is 2.50 bits per heavy atom. The molecule has 0 aliphatic rings. The maximum Gasteiger partial charge on any atom is 0.243 e. The molecule has 0 heterocycles. The van der Waals surface area contributed by atoms with Crippen molar-refractivity contribution >= 4 is 16.7 Å². The second kappa shape index (κ2) is 11.6. The minimum atomic E-state index is -0.321. The van der Waals surface area contributed by atoms with Gasteiger partial charge in [0.25, 0.3) is 0 Å². The van der Waals surface area contributed by atoms with Crippen molar-refractivity contribution in [3.63, 3.8) is 0 Å². The molecule has 0 atom stereocenters. The Labute approximate surface area is 155 Å². The number of rotatable bonds is 12. The molecule has 3 N–H and O–H groups in total. The van der Waals surface area contributed by atoms with Gasteiger partial charge in [0.15, 0.2) is 0 Å². The Hall–Kier alpha value is -1.95. The summed E-state index contributed by atoms with van der Waals surface area (Å²) in [5.74, 6) is -0.321. The molecule has 0 saturated carbocycles. The van der Waals surface area contributed by atoms with Crippen LogP contribution in [-0.4, -0.2) is 47.4 Å². The zero-order chi connectivity index (χ0) is 18.6. The third-order valence-corrected chi connectivity index (χ3v) is 4.71. The number of fused-ring (bicyclic) bond motifs is 1. The van der Waals surface area contributed by atoms with E-state index in [9.17, 15) is 4.79 Å². The van der Waals surface area contributed by atoms with Crippen molar-refractivity contribution in [1.82, 2.24) is 10.4 Å². The smallest absolute Gasteiger partial charge is 0.243 e. The van der Waals surface area contributed by atoms with Gasteiger partial charge in [-0.25, -0.2) is 5.48 Å². The van der Waals surface area contributed by atoms with Crippen molar-refractivity contribution in [1.29, 1.82) is 0 Å². The van der Waals surface area contributed by atoms with Crippen molar-refractivity contribution in [3.8, 4) is 0 Å². The molecule has 2 aromatic carbocycles. The number of carbonyl (C=O) groups excluding carboxylic acids is 1. The number of hydrogen-bond donors (Lipinski definition) is 3. The van der Waals surface area contributed by atoms with Gasteiger partial charge in [-0.05, 0) is 48.6 Å². The molecule has 2 rings (SSSR count). The normalized spacial score (nSPS) is 11.2. The molecule has 1 amide bonds. The fourth-order valence-corrected chi connectivity index (χ4v) is 3.27. The standard InChI is InChI=1S/C21H30N2O3/c24-17-7-15-23(14-5-1-2-12-21(25)22-26)16-13-19-10-6-9-18-8-3-4-11-20(18)19/h3-4,6,8-11,24,26H,1-2,5,7,12-17H2,(H,22,25). The van der Waals surface area contributed by atoms with Gasteiger partial charge in [0, 0.05) is 26.1 Å². The van der Waals surface area contributed by atoms with Crippen LogP contribution in [0, 0.1) is 0 Å². The number of hydroxylamine groups is 1. The van der Waals surface area contributed by atoms with Gasteiger partial charge in [-0.2, -0.15) is 0 Å². The van der Waals surface area contributed by atoms with Gasteiger partial charge < -0.3 is 10.0 Å². The average molecular weight is 358 g/mol. The minimum absolute atomic E-state index is 0.210. The van der Waals surface area contributed by atoms with E-state index in [-0.39, 0.29) is 12.5 Å². The molecule has 5 heteroatoms. The van der Waals surface area contributed by atoms with Crippen LogP contribution in [0.5, 0.6) is 0 Å². The molecule has 0 radical (unpaired) electrons. The molecular weight excluding hydrogens is 328 g/mol. The quantitative estimate of drug-likeness (QED) is 0.310. The summed E-state index contributed by atoms with van der Waals surface area (Å²) in [5, 5.41) is 20.2. The lowest BCUT2D eigenvalue weighted by Crippen LogP contribution is -2.29. The van der Waals surface area contributed by atoms with Crippen molar-refractivity contribution in [2.75, 3.05) is 26.2 Å². The van der Waals surface area contributed by atoms with E-state index in [0.717, 1.165) is 51.7 Å². The number of unbranched alkanes of at least 4 members (excludes halogenated alkanes) is 2. The van der Waals surface area contributed by atoms with Gasteiger partial charge in [0.2, 0.25) is 5.91 Å². The number of aliphatic hydroxyl groups excluding tert-OH is 1. The molecule has 142 valence electrons. The number of hydrogen-bond acceptors (Lipinski definition) is 4. The second-order valence-electron chi connectivity index (χ2n) is 6.65. The summed E-state index contributed by atoms with van der Waals surface area (Å²) in [6.07, 6.45) is 4.88. The van der Waals surface area contributed by atoms with E-state index in [2.05, 4.69) is 47.4 Å². The lowest BCUT2D eigenvalue weighted by atomic mass is 10.0. The zero-order valence-corrected chi connectivity index (χ0v) is 15.4. The predicted octanol–water partition coefficient (Wildman–Crippen LogP) is 3.13. The van der Waals surface area contributed by atoms with Crippen molar-refractivity contribution in [2.45, 2.75) is 38.5 Å². The maximum atomic E-state index is 11.0. The largest absolute Gasteiger partial charge is 0.396 e. The first-order valence-electron chi connectivity index (χ1n) is 9.47. The highest BCUT2D eigenvalue weighted by atomic mass is 16.5. The van der Waals surface area contributed by atoms with E-state index in [1.165, 1.54) is 16.3 Å². The fourth-order valence-electron chi connectivity index (χ4n) is 3.27. The Morgan fingerprint density at radius 1 is 0.923 bits per heavy atom. The molecule has 0 bridgehead atoms. The molecule has 2 aromatic rings. The van der Waals surface area contributed by atoms with Crippen LogP contribution in [-0.2, 0) is 11.2 Å². The van der Waals surface area contributed by atoms with Crippen LogP contribution in [0.2, 0.25) is 0 Å². The van der Waals surface area contributed by atoms with E-state index in [1.807, 2.05) is 0 Å². The number of nitrogens with one attached hydrogen (secondary N) is 1. The van der Waals surface area contributed by atoms with Crippen LogP contribution in [0.15, 0.2) is 42.5 Å². The van der Waals surface area contributed by atoms with Crippen LogP contribution < -0.4 is 5.48 Å². The first kappa shape index (κ1) is 20.4. The SMILES string of the molecule is O=C(CCCCCN(CCCO)CCc1cccc2ccccc12)NO. The van der Waals surface area contributed by atoms with Crippen LogP contribution in [0.1, 0.15) is 37.7 Å². The highest BCUT2D eigenvalue weighted by molar-refractivity contribution is 5.85.